The van der Waals surface area contributed by atoms with Crippen molar-refractivity contribution in [3.05, 3.63) is 24.0 Å². The normalized spacial score (nSPS) is 19.0. The van der Waals surface area contributed by atoms with Crippen LogP contribution < -0.4 is 17.0 Å². The van der Waals surface area contributed by atoms with Crippen molar-refractivity contribution in [1.82, 2.24) is 15.3 Å². The fourth-order valence-electron chi connectivity index (χ4n) is 3.96. The van der Waals surface area contributed by atoms with Gasteiger partial charge in [0.1, 0.15) is 0 Å². The summed E-state index contributed by atoms with van der Waals surface area (Å²) in [5.74, 6) is 5.95. The number of hydrazine groups is 1. The number of nitrogens with two attached hydrogens (primary N) is 2. The van der Waals surface area contributed by atoms with Crippen molar-refractivity contribution in [3.8, 4) is 0 Å². The van der Waals surface area contributed by atoms with E-state index in [9.17, 15) is 0 Å². The number of hydrogen-bond donors (Lipinski definition) is 3. The van der Waals surface area contributed by atoms with Gasteiger partial charge in [0.15, 0.2) is 0 Å². The summed E-state index contributed by atoms with van der Waals surface area (Å²) < 4.78 is 0. The van der Waals surface area contributed by atoms with E-state index in [0.29, 0.717) is 0 Å². The molecule has 5 nitrogen and oxygen atoms in total. The highest BCUT2D eigenvalue weighted by atomic mass is 15.3. The van der Waals surface area contributed by atoms with Gasteiger partial charge < -0.3 is 5.73 Å². The molecule has 0 bridgehead atoms. The molecular weight excluding hydrogens is 262 g/mol. The van der Waals surface area contributed by atoms with Crippen molar-refractivity contribution < 1.29 is 0 Å². The standard InChI is InChI=1S/C16H29N5/c1-3-21(4-2)16(8-5-6-9-16)15(20-18)11-13-12-19-10-7-14(13)17/h7,10,12,15,20H,3-6,8-9,11,18H2,1-2H3,(H2,17,19). The zero-order chi connectivity index (χ0) is 15.3. The van der Waals surface area contributed by atoms with Crippen molar-refractivity contribution in [3.63, 3.8) is 0 Å². The number of nitrogens with zero attached hydrogens (tertiary/aromatic N) is 2. The Morgan fingerprint density at radius 1 is 1.33 bits per heavy atom. The number of nitrogens with one attached hydrogen (secondary N) is 1. The maximum atomic E-state index is 6.08. The van der Waals surface area contributed by atoms with Gasteiger partial charge in [0.2, 0.25) is 0 Å². The van der Waals surface area contributed by atoms with Crippen molar-refractivity contribution in [2.24, 2.45) is 5.84 Å². The Bertz CT molecular complexity index is 438. The quantitative estimate of drug-likeness (QED) is 0.526. The van der Waals surface area contributed by atoms with Crippen LogP contribution in [0.15, 0.2) is 18.5 Å². The molecule has 5 N–H and O–H groups in total. The first-order valence-corrected chi connectivity index (χ1v) is 8.07. The Balaban J connectivity index is 2.26. The van der Waals surface area contributed by atoms with Crippen molar-refractivity contribution >= 4 is 5.69 Å². The predicted octanol–water partition coefficient (Wildman–Crippen LogP) is 1.69. The molecule has 0 spiro atoms. The molecular formula is C16H29N5. The Morgan fingerprint density at radius 3 is 2.52 bits per heavy atom. The minimum atomic E-state index is 0.139. The lowest BCUT2D eigenvalue weighted by Gasteiger charge is -2.46. The van der Waals surface area contributed by atoms with Gasteiger partial charge in [0.05, 0.1) is 0 Å². The summed E-state index contributed by atoms with van der Waals surface area (Å²) in [7, 11) is 0. The summed E-state index contributed by atoms with van der Waals surface area (Å²) in [6, 6.07) is 2.06. The molecule has 1 heterocycles. The lowest BCUT2D eigenvalue weighted by atomic mass is 9.82. The van der Waals surface area contributed by atoms with E-state index in [2.05, 4.69) is 29.2 Å². The highest BCUT2D eigenvalue weighted by molar-refractivity contribution is 5.45. The van der Waals surface area contributed by atoms with Crippen LogP contribution in [-0.2, 0) is 6.42 Å². The topological polar surface area (TPSA) is 80.2 Å². The third-order valence-corrected chi connectivity index (χ3v) is 5.08. The van der Waals surface area contributed by atoms with Crippen LogP contribution in [0.4, 0.5) is 5.69 Å². The second kappa shape index (κ2) is 7.20. The third kappa shape index (κ3) is 3.20. The molecule has 0 amide bonds. The monoisotopic (exact) mass is 291 g/mol. The molecule has 0 saturated heterocycles. The summed E-state index contributed by atoms with van der Waals surface area (Å²) in [5.41, 5.74) is 11.2. The van der Waals surface area contributed by atoms with E-state index < -0.39 is 0 Å². The van der Waals surface area contributed by atoms with Crippen molar-refractivity contribution in [2.45, 2.75) is 57.5 Å². The Labute approximate surface area is 128 Å². The molecule has 1 fully saturated rings. The number of pyridine rings is 1. The second-order valence-corrected chi connectivity index (χ2v) is 5.98. The predicted molar refractivity (Wildman–Crippen MR) is 87.6 cm³/mol. The van der Waals surface area contributed by atoms with E-state index >= 15 is 0 Å². The van der Waals surface area contributed by atoms with Gasteiger partial charge in [0, 0.05) is 29.7 Å². The zero-order valence-corrected chi connectivity index (χ0v) is 13.3. The highest BCUT2D eigenvalue weighted by Crippen LogP contribution is 2.39. The van der Waals surface area contributed by atoms with Crippen LogP contribution in [0.3, 0.4) is 0 Å². The van der Waals surface area contributed by atoms with E-state index in [4.69, 9.17) is 11.6 Å². The SMILES string of the molecule is CCN(CC)C1(C(Cc2cnccc2N)NN)CCCC1. The number of nitrogen functional groups attached to an aromatic ring is 1. The fourth-order valence-corrected chi connectivity index (χ4v) is 3.96. The lowest BCUT2D eigenvalue weighted by Crippen LogP contribution is -2.62. The molecule has 1 unspecified atom stereocenters. The Hall–Kier alpha value is -1.17. The van der Waals surface area contributed by atoms with Crippen LogP contribution in [-0.4, -0.2) is 34.6 Å². The summed E-state index contributed by atoms with van der Waals surface area (Å²) in [6.45, 7) is 6.57. The Kier molecular flexibility index (Phi) is 5.56. The molecule has 1 aliphatic carbocycles. The van der Waals surface area contributed by atoms with Gasteiger partial charge in [-0.2, -0.15) is 0 Å². The molecule has 21 heavy (non-hydrogen) atoms. The highest BCUT2D eigenvalue weighted by Gasteiger charge is 2.44. The van der Waals surface area contributed by atoms with Crippen molar-refractivity contribution in [2.75, 3.05) is 18.8 Å². The van der Waals surface area contributed by atoms with Crippen LogP contribution in [0.25, 0.3) is 0 Å². The van der Waals surface area contributed by atoms with E-state index in [1.165, 1.54) is 25.7 Å². The van der Waals surface area contributed by atoms with Crippen LogP contribution in [0, 0.1) is 0 Å². The van der Waals surface area contributed by atoms with Crippen LogP contribution in [0.5, 0.6) is 0 Å². The molecule has 0 aromatic carbocycles. The van der Waals surface area contributed by atoms with E-state index in [0.717, 1.165) is 30.8 Å². The fraction of sp³-hybridized carbons (Fsp3) is 0.688. The largest absolute Gasteiger partial charge is 0.398 e. The van der Waals surface area contributed by atoms with Gasteiger partial charge in [0.25, 0.3) is 0 Å². The lowest BCUT2D eigenvalue weighted by molar-refractivity contribution is 0.0630. The average Bonchev–Trinajstić information content (AvgIpc) is 2.98. The molecule has 2 rings (SSSR count). The summed E-state index contributed by atoms with van der Waals surface area (Å²) >= 11 is 0. The van der Waals surface area contributed by atoms with Gasteiger partial charge in [-0.3, -0.25) is 21.2 Å². The van der Waals surface area contributed by atoms with Crippen LogP contribution >= 0.6 is 0 Å². The number of rotatable bonds is 7. The summed E-state index contributed by atoms with van der Waals surface area (Å²) in [6.07, 6.45) is 9.37. The average molecular weight is 291 g/mol. The zero-order valence-electron chi connectivity index (χ0n) is 13.3. The molecule has 1 atom stereocenters. The first-order chi connectivity index (χ1) is 10.2. The maximum absolute atomic E-state index is 6.08. The van der Waals surface area contributed by atoms with E-state index in [1.54, 1.807) is 6.20 Å². The second-order valence-electron chi connectivity index (χ2n) is 5.98. The molecule has 1 aromatic rings. The maximum Gasteiger partial charge on any atom is 0.0436 e. The minimum absolute atomic E-state index is 0.139. The van der Waals surface area contributed by atoms with Crippen LogP contribution in [0.2, 0.25) is 0 Å². The molecule has 1 saturated carbocycles. The van der Waals surface area contributed by atoms with E-state index in [-0.39, 0.29) is 11.6 Å². The number of anilines is 1. The number of likely N-dealkylation sites (N-methyl/N-ethyl adjacent to an activating group) is 1. The van der Waals surface area contributed by atoms with Gasteiger partial charge >= 0.3 is 0 Å². The van der Waals surface area contributed by atoms with Gasteiger partial charge in [-0.05, 0) is 44.0 Å². The van der Waals surface area contributed by atoms with E-state index in [1.807, 2.05) is 12.3 Å². The minimum Gasteiger partial charge on any atom is -0.398 e. The first kappa shape index (κ1) is 16.2. The van der Waals surface area contributed by atoms with Gasteiger partial charge in [-0.1, -0.05) is 26.7 Å². The van der Waals surface area contributed by atoms with Gasteiger partial charge in [-0.25, -0.2) is 0 Å². The molecule has 1 aromatic heterocycles. The smallest absolute Gasteiger partial charge is 0.0436 e. The summed E-state index contributed by atoms with van der Waals surface area (Å²) in [4.78, 5) is 6.77. The number of aromatic nitrogens is 1. The molecule has 1 aliphatic rings. The number of hydrogen-bond acceptors (Lipinski definition) is 5. The van der Waals surface area contributed by atoms with Gasteiger partial charge in [-0.15, -0.1) is 0 Å². The summed E-state index contributed by atoms with van der Waals surface area (Å²) in [5, 5.41) is 0. The van der Waals surface area contributed by atoms with Crippen molar-refractivity contribution in [1.29, 1.82) is 0 Å². The third-order valence-electron chi connectivity index (χ3n) is 5.08. The Morgan fingerprint density at radius 2 is 2.00 bits per heavy atom. The molecule has 118 valence electrons. The van der Waals surface area contributed by atoms with Crippen LogP contribution in [0.1, 0.15) is 45.1 Å². The molecule has 5 heteroatoms. The molecule has 0 radical (unpaired) electrons. The molecule has 0 aliphatic heterocycles. The first-order valence-electron chi connectivity index (χ1n) is 8.07.